The van der Waals surface area contributed by atoms with Crippen molar-refractivity contribution in [1.29, 1.82) is 5.26 Å². The molecule has 0 saturated heterocycles. The van der Waals surface area contributed by atoms with Crippen LogP contribution in [-0.4, -0.2) is 12.6 Å². The van der Waals surface area contributed by atoms with Gasteiger partial charge in [0.05, 0.1) is 18.1 Å². The van der Waals surface area contributed by atoms with Gasteiger partial charge in [-0.05, 0) is 37.5 Å². The lowest BCUT2D eigenvalue weighted by Gasteiger charge is -2.28. The average Bonchev–Trinajstić information content (AvgIpc) is 2.67. The summed E-state index contributed by atoms with van der Waals surface area (Å²) in [5.41, 5.74) is 10.4. The van der Waals surface area contributed by atoms with Crippen LogP contribution in [0.15, 0.2) is 71.3 Å². The van der Waals surface area contributed by atoms with Gasteiger partial charge in [-0.2, -0.15) is 5.26 Å². The van der Waals surface area contributed by atoms with Gasteiger partial charge in [-0.1, -0.05) is 54.1 Å². The molecule has 0 bridgehead atoms. The molecule has 0 fully saturated rings. The average molecular weight is 374 g/mol. The third-order valence-electron chi connectivity index (χ3n) is 4.70. The molecule has 0 radical (unpaired) electrons. The van der Waals surface area contributed by atoms with E-state index in [-0.39, 0.29) is 18.1 Å². The minimum Gasteiger partial charge on any atom is -0.463 e. The highest BCUT2D eigenvalue weighted by Gasteiger charge is 2.37. The van der Waals surface area contributed by atoms with Gasteiger partial charge in [0.15, 0.2) is 0 Å². The maximum atomic E-state index is 12.7. The van der Waals surface area contributed by atoms with Gasteiger partial charge in [-0.3, -0.25) is 0 Å². The van der Waals surface area contributed by atoms with Crippen molar-refractivity contribution < 1.29 is 14.3 Å². The van der Waals surface area contributed by atoms with Gasteiger partial charge in [0.1, 0.15) is 17.4 Å². The highest BCUT2D eigenvalue weighted by molar-refractivity contribution is 5.93. The van der Waals surface area contributed by atoms with Gasteiger partial charge in [-0.25, -0.2) is 4.79 Å². The molecule has 28 heavy (non-hydrogen) atoms. The van der Waals surface area contributed by atoms with E-state index in [2.05, 4.69) is 12.1 Å². The molecule has 0 amide bonds. The number of esters is 1. The van der Waals surface area contributed by atoms with E-state index < -0.39 is 11.9 Å². The number of carbonyl (C=O) groups excluding carboxylic acids is 1. The summed E-state index contributed by atoms with van der Waals surface area (Å²) in [6, 6.07) is 17.9. The number of nitrogens with two attached hydrogens (primary N) is 1. The molecular formula is C23H22N2O3. The summed E-state index contributed by atoms with van der Waals surface area (Å²) in [4.78, 5) is 12.7. The number of nitrogens with zero attached hydrogens (tertiary/aromatic N) is 1. The summed E-state index contributed by atoms with van der Waals surface area (Å²) >= 11 is 0. The Morgan fingerprint density at radius 1 is 1.21 bits per heavy atom. The van der Waals surface area contributed by atoms with Crippen LogP contribution in [0.25, 0.3) is 11.1 Å². The predicted octanol–water partition coefficient (Wildman–Crippen LogP) is 4.31. The van der Waals surface area contributed by atoms with E-state index >= 15 is 0 Å². The number of ether oxygens (including phenoxy) is 2. The van der Waals surface area contributed by atoms with Gasteiger partial charge in [-0.15, -0.1) is 0 Å². The van der Waals surface area contributed by atoms with Crippen LogP contribution < -0.4 is 5.73 Å². The molecular weight excluding hydrogens is 352 g/mol. The first-order valence-electron chi connectivity index (χ1n) is 9.09. The number of rotatable bonds is 4. The minimum absolute atomic E-state index is 0.0112. The summed E-state index contributed by atoms with van der Waals surface area (Å²) < 4.78 is 10.7. The van der Waals surface area contributed by atoms with E-state index in [1.165, 1.54) is 0 Å². The first-order chi connectivity index (χ1) is 13.5. The van der Waals surface area contributed by atoms with E-state index in [0.29, 0.717) is 11.3 Å². The van der Waals surface area contributed by atoms with Crippen molar-refractivity contribution >= 4 is 5.97 Å². The number of allylic oxidation sites excluding steroid dienone is 2. The highest BCUT2D eigenvalue weighted by atomic mass is 16.5. The molecule has 1 unspecified atom stereocenters. The van der Waals surface area contributed by atoms with Gasteiger partial charge in [0.25, 0.3) is 0 Å². The smallest absolute Gasteiger partial charge is 0.338 e. The lowest BCUT2D eigenvalue weighted by Crippen LogP contribution is -2.25. The first-order valence-corrected chi connectivity index (χ1v) is 9.09. The molecule has 2 aromatic rings. The van der Waals surface area contributed by atoms with Crippen LogP contribution in [-0.2, 0) is 14.3 Å². The zero-order chi connectivity index (χ0) is 20.3. The molecule has 0 saturated carbocycles. The van der Waals surface area contributed by atoms with Crippen molar-refractivity contribution in [2.45, 2.75) is 26.7 Å². The minimum atomic E-state index is -0.658. The van der Waals surface area contributed by atoms with Crippen LogP contribution in [0, 0.1) is 18.3 Å². The molecule has 1 atom stereocenters. The highest BCUT2D eigenvalue weighted by Crippen LogP contribution is 2.43. The van der Waals surface area contributed by atoms with Crippen LogP contribution in [0.3, 0.4) is 0 Å². The third-order valence-corrected chi connectivity index (χ3v) is 4.70. The number of carbonyl (C=O) groups is 1. The molecule has 1 aliphatic heterocycles. The SMILES string of the molecule is CCOC(=O)C1=C(C)OC(N)=C(C#N)C1c1ccccc1-c1cccc(C)c1. The molecule has 0 aliphatic carbocycles. The summed E-state index contributed by atoms with van der Waals surface area (Å²) in [5, 5.41) is 9.77. The van der Waals surface area contributed by atoms with Gasteiger partial charge in [0.2, 0.25) is 5.88 Å². The van der Waals surface area contributed by atoms with Crippen molar-refractivity contribution in [2.75, 3.05) is 6.61 Å². The monoisotopic (exact) mass is 374 g/mol. The molecule has 3 rings (SSSR count). The Bertz CT molecular complexity index is 1030. The number of hydrogen-bond acceptors (Lipinski definition) is 5. The molecule has 2 aromatic carbocycles. The Morgan fingerprint density at radius 2 is 1.96 bits per heavy atom. The van der Waals surface area contributed by atoms with E-state index in [9.17, 15) is 10.1 Å². The molecule has 0 aromatic heterocycles. The van der Waals surface area contributed by atoms with Crippen LogP contribution in [0.2, 0.25) is 0 Å². The van der Waals surface area contributed by atoms with Crippen molar-refractivity contribution in [1.82, 2.24) is 0 Å². The number of benzene rings is 2. The summed E-state index contributed by atoms with van der Waals surface area (Å²) in [7, 11) is 0. The van der Waals surface area contributed by atoms with Gasteiger partial charge >= 0.3 is 5.97 Å². The zero-order valence-corrected chi connectivity index (χ0v) is 16.2. The van der Waals surface area contributed by atoms with E-state index in [1.54, 1.807) is 13.8 Å². The fourth-order valence-electron chi connectivity index (χ4n) is 3.49. The van der Waals surface area contributed by atoms with E-state index in [1.807, 2.05) is 49.4 Å². The Kier molecular flexibility index (Phi) is 5.51. The second kappa shape index (κ2) is 8.01. The fraction of sp³-hybridized carbons (Fsp3) is 0.217. The quantitative estimate of drug-likeness (QED) is 0.806. The maximum absolute atomic E-state index is 12.7. The molecule has 2 N–H and O–H groups in total. The lowest BCUT2D eigenvalue weighted by atomic mass is 9.79. The van der Waals surface area contributed by atoms with Crippen molar-refractivity contribution in [3.63, 3.8) is 0 Å². The number of aryl methyl sites for hydroxylation is 1. The second-order valence-corrected chi connectivity index (χ2v) is 6.57. The third kappa shape index (κ3) is 3.49. The Balaban J connectivity index is 2.25. The molecule has 5 heteroatoms. The molecule has 0 spiro atoms. The number of nitriles is 1. The first kappa shape index (κ1) is 19.2. The topological polar surface area (TPSA) is 85.3 Å². The number of hydrogen-bond donors (Lipinski definition) is 1. The predicted molar refractivity (Wildman–Crippen MR) is 107 cm³/mol. The summed E-state index contributed by atoms with van der Waals surface area (Å²) in [5.74, 6) is -0.810. The molecule has 1 heterocycles. The van der Waals surface area contributed by atoms with Gasteiger partial charge < -0.3 is 15.2 Å². The molecule has 142 valence electrons. The van der Waals surface area contributed by atoms with Crippen LogP contribution >= 0.6 is 0 Å². The zero-order valence-electron chi connectivity index (χ0n) is 16.2. The molecule has 1 aliphatic rings. The van der Waals surface area contributed by atoms with Crippen LogP contribution in [0.4, 0.5) is 0 Å². The van der Waals surface area contributed by atoms with Crippen LogP contribution in [0.1, 0.15) is 30.9 Å². The van der Waals surface area contributed by atoms with Crippen molar-refractivity contribution in [3.8, 4) is 17.2 Å². The van der Waals surface area contributed by atoms with E-state index in [0.717, 1.165) is 22.3 Å². The normalized spacial score (nSPS) is 16.4. The summed E-state index contributed by atoms with van der Waals surface area (Å²) in [6.45, 7) is 5.65. The fourth-order valence-corrected chi connectivity index (χ4v) is 3.49. The van der Waals surface area contributed by atoms with Crippen molar-refractivity contribution in [3.05, 3.63) is 82.4 Å². The standard InChI is InChI=1S/C23H22N2O3/c1-4-27-23(26)20-15(3)28-22(25)19(13-24)21(20)18-11-6-5-10-17(18)16-9-7-8-14(2)12-16/h5-12,21H,4,25H2,1-3H3. The summed E-state index contributed by atoms with van der Waals surface area (Å²) in [6.07, 6.45) is 0. The largest absolute Gasteiger partial charge is 0.463 e. The second-order valence-electron chi connectivity index (χ2n) is 6.57. The van der Waals surface area contributed by atoms with Crippen molar-refractivity contribution in [2.24, 2.45) is 5.73 Å². The lowest BCUT2D eigenvalue weighted by molar-refractivity contribution is -0.139. The van der Waals surface area contributed by atoms with E-state index in [4.69, 9.17) is 15.2 Å². The Hall–Kier alpha value is -3.52. The van der Waals surface area contributed by atoms with Crippen LogP contribution in [0.5, 0.6) is 0 Å². The molecule has 5 nitrogen and oxygen atoms in total. The Morgan fingerprint density at radius 3 is 2.64 bits per heavy atom. The maximum Gasteiger partial charge on any atom is 0.338 e. The van der Waals surface area contributed by atoms with Gasteiger partial charge in [0, 0.05) is 0 Å². The Labute approximate surface area is 164 Å².